The van der Waals surface area contributed by atoms with Crippen LogP contribution >= 0.6 is 11.6 Å². The average molecular weight is 465 g/mol. The second-order valence-corrected chi connectivity index (χ2v) is 8.88. The van der Waals surface area contributed by atoms with E-state index in [0.717, 1.165) is 26.1 Å². The predicted octanol–water partition coefficient (Wildman–Crippen LogP) is -0.251. The summed E-state index contributed by atoms with van der Waals surface area (Å²) in [5, 5.41) is 17.5. The molecule has 0 radical (unpaired) electrons. The van der Waals surface area contributed by atoms with E-state index in [4.69, 9.17) is 21.8 Å². The molecular weight excluding hydrogens is 427 g/mol. The van der Waals surface area contributed by atoms with Gasteiger partial charge in [0.05, 0.1) is 41.0 Å². The largest absolute Gasteiger partial charge is 1.00 e. The van der Waals surface area contributed by atoms with Crippen molar-refractivity contribution < 1.29 is 52.7 Å². The van der Waals surface area contributed by atoms with Crippen molar-refractivity contribution >= 4 is 27.6 Å². The molecule has 0 aromatic heterocycles. The van der Waals surface area contributed by atoms with Crippen molar-refractivity contribution in [2.45, 2.75) is 77.2 Å². The van der Waals surface area contributed by atoms with Gasteiger partial charge in [0.25, 0.3) is 0 Å². The zero-order chi connectivity index (χ0) is 21.3. The summed E-state index contributed by atoms with van der Waals surface area (Å²) in [6, 6.07) is 0. The van der Waals surface area contributed by atoms with Gasteiger partial charge in [0, 0.05) is 25.4 Å². The number of aliphatic hydroxyl groups is 2. The minimum absolute atomic E-state index is 0. The fourth-order valence-corrected chi connectivity index (χ4v) is 3.83. The van der Waals surface area contributed by atoms with Crippen LogP contribution < -0.4 is 29.6 Å². The molecule has 1 unspecified atom stereocenters. The van der Waals surface area contributed by atoms with E-state index in [9.17, 15) is 13.0 Å². The van der Waals surface area contributed by atoms with Crippen LogP contribution in [0.3, 0.4) is 0 Å². The molecule has 0 aromatic rings. The maximum Gasteiger partial charge on any atom is 1.00 e. The molecule has 0 fully saturated rings. The molecule has 2 N–H and O–H groups in total. The van der Waals surface area contributed by atoms with Crippen molar-refractivity contribution in [2.24, 2.45) is 4.99 Å². The van der Waals surface area contributed by atoms with Crippen molar-refractivity contribution in [3.05, 3.63) is 0 Å². The average Bonchev–Trinajstić information content (AvgIpc) is 3.07. The van der Waals surface area contributed by atoms with Crippen LogP contribution in [0.25, 0.3) is 0 Å². The van der Waals surface area contributed by atoms with Gasteiger partial charge >= 0.3 is 29.6 Å². The Morgan fingerprint density at radius 3 is 2.14 bits per heavy atom. The smallest absolute Gasteiger partial charge is 0.748 e. The molecule has 0 aromatic carbocycles. The number of aliphatic imine (C=N–C) groups is 1. The molecule has 1 aliphatic heterocycles. The summed E-state index contributed by atoms with van der Waals surface area (Å²) in [6.07, 6.45) is 12.2. The van der Waals surface area contributed by atoms with Crippen LogP contribution in [0.1, 0.15) is 71.1 Å². The molecule has 1 atom stereocenters. The van der Waals surface area contributed by atoms with Crippen LogP contribution in [0.2, 0.25) is 0 Å². The maximum atomic E-state index is 9.83. The fourth-order valence-electron chi connectivity index (χ4n) is 3.00. The second-order valence-electron chi connectivity index (χ2n) is 7.12. The van der Waals surface area contributed by atoms with Crippen LogP contribution in [0, 0.1) is 0 Å². The number of β-amino-alcohol motifs (C(OH)–C–C–N with tert-alkyl or cyclic N) is 1. The number of halogens is 1. The van der Waals surface area contributed by atoms with E-state index in [1.807, 2.05) is 0 Å². The summed E-state index contributed by atoms with van der Waals surface area (Å²) < 4.78 is 29.5. The fraction of sp³-hybridized carbons (Fsp3) is 0.947. The Morgan fingerprint density at radius 2 is 1.69 bits per heavy atom. The zero-order valence-corrected chi connectivity index (χ0v) is 21.8. The second kappa shape index (κ2) is 20.5. The molecule has 7 nitrogen and oxygen atoms in total. The van der Waals surface area contributed by atoms with Gasteiger partial charge in [-0.05, 0) is 6.42 Å². The van der Waals surface area contributed by atoms with Crippen molar-refractivity contribution in [1.29, 1.82) is 0 Å². The van der Waals surface area contributed by atoms with E-state index >= 15 is 0 Å². The third-order valence-corrected chi connectivity index (χ3v) is 5.63. The van der Waals surface area contributed by atoms with Gasteiger partial charge in [-0.25, -0.2) is 8.42 Å². The van der Waals surface area contributed by atoms with Gasteiger partial charge < -0.3 is 19.7 Å². The summed E-state index contributed by atoms with van der Waals surface area (Å²) in [6.45, 7) is 5.21. The van der Waals surface area contributed by atoms with E-state index < -0.39 is 22.0 Å². The molecule has 168 valence electrons. The number of nitrogens with zero attached hydrogens (tertiary/aromatic N) is 2. The van der Waals surface area contributed by atoms with Gasteiger partial charge in [0.15, 0.2) is 0 Å². The first-order chi connectivity index (χ1) is 13.3. The van der Waals surface area contributed by atoms with E-state index in [1.165, 1.54) is 63.6 Å². The molecule has 0 amide bonds. The summed E-state index contributed by atoms with van der Waals surface area (Å²) >= 11 is 5.00. The van der Waals surface area contributed by atoms with Gasteiger partial charge in [-0.2, -0.15) is 0 Å². The monoisotopic (exact) mass is 464 g/mol. The SMILES string of the molecule is CCCCCCCCCCCC1=NCCN1CCO.O=S(=O)([O-])CC(O)CCl.[Na+]. The number of unbranched alkanes of at least 4 members (excludes halogenated alkanes) is 8. The van der Waals surface area contributed by atoms with Gasteiger partial charge in [-0.15, -0.1) is 11.6 Å². The van der Waals surface area contributed by atoms with Gasteiger partial charge in [-0.1, -0.05) is 58.3 Å². The molecule has 0 saturated carbocycles. The Morgan fingerprint density at radius 1 is 1.14 bits per heavy atom. The zero-order valence-electron chi connectivity index (χ0n) is 18.2. The van der Waals surface area contributed by atoms with Crippen LogP contribution in [0.5, 0.6) is 0 Å². The summed E-state index contributed by atoms with van der Waals surface area (Å²) in [7, 11) is -4.32. The number of hydrogen-bond donors (Lipinski definition) is 2. The number of aliphatic hydroxyl groups excluding tert-OH is 2. The predicted molar refractivity (Wildman–Crippen MR) is 114 cm³/mol. The quantitative estimate of drug-likeness (QED) is 0.149. The number of alkyl halides is 1. The van der Waals surface area contributed by atoms with E-state index in [0.29, 0.717) is 0 Å². The van der Waals surface area contributed by atoms with Gasteiger partial charge in [0.2, 0.25) is 0 Å². The number of rotatable bonds is 15. The van der Waals surface area contributed by atoms with Gasteiger partial charge in [0.1, 0.15) is 0 Å². The number of amidine groups is 1. The molecule has 0 aliphatic carbocycles. The van der Waals surface area contributed by atoms with Crippen molar-refractivity contribution in [1.82, 2.24) is 4.90 Å². The summed E-state index contributed by atoms with van der Waals surface area (Å²) in [5.41, 5.74) is 0. The Labute approximate surface area is 204 Å². The van der Waals surface area contributed by atoms with Crippen LogP contribution in [0.15, 0.2) is 4.99 Å². The van der Waals surface area contributed by atoms with Crippen LogP contribution in [-0.4, -0.2) is 77.9 Å². The molecule has 1 heterocycles. The van der Waals surface area contributed by atoms with Crippen molar-refractivity contribution in [3.8, 4) is 0 Å². The molecule has 0 bridgehead atoms. The van der Waals surface area contributed by atoms with E-state index in [2.05, 4.69) is 16.8 Å². The van der Waals surface area contributed by atoms with Crippen molar-refractivity contribution in [3.63, 3.8) is 0 Å². The Kier molecular flexibility index (Phi) is 22.5. The number of hydrogen-bond acceptors (Lipinski definition) is 7. The molecule has 29 heavy (non-hydrogen) atoms. The third-order valence-electron chi connectivity index (χ3n) is 4.48. The Balaban J connectivity index is 0. The molecule has 0 saturated heterocycles. The summed E-state index contributed by atoms with van der Waals surface area (Å²) in [5.74, 6) is 0.190. The van der Waals surface area contributed by atoms with E-state index in [1.54, 1.807) is 0 Å². The standard InChI is InChI=1S/C16H32N2O.C3H7ClO4S.Na/c1-2-3-4-5-6-7-8-9-10-11-16-17-12-13-18(16)14-15-19;4-1-3(5)2-9(6,7)8;/h19H,2-15H2,1H3;3,5H,1-2H2,(H,6,7,8);/q;;+1/p-1. The normalized spacial score (nSPS) is 14.7. The minimum Gasteiger partial charge on any atom is -0.748 e. The molecule has 1 rings (SSSR count). The van der Waals surface area contributed by atoms with Crippen LogP contribution in [-0.2, 0) is 10.1 Å². The Hall–Kier alpha value is 0.590. The minimum atomic E-state index is -4.32. The Bertz CT molecular complexity index is 509. The first kappa shape index (κ1) is 31.8. The summed E-state index contributed by atoms with van der Waals surface area (Å²) in [4.78, 5) is 6.78. The molecule has 10 heteroatoms. The molecule has 0 spiro atoms. The molecule has 1 aliphatic rings. The third kappa shape index (κ3) is 20.3. The topological polar surface area (TPSA) is 113 Å². The first-order valence-corrected chi connectivity index (χ1v) is 12.5. The van der Waals surface area contributed by atoms with Gasteiger partial charge in [-0.3, -0.25) is 4.99 Å². The van der Waals surface area contributed by atoms with E-state index in [-0.39, 0.29) is 42.0 Å². The van der Waals surface area contributed by atoms with Crippen LogP contribution in [0.4, 0.5) is 0 Å². The first-order valence-electron chi connectivity index (χ1n) is 10.4. The van der Waals surface area contributed by atoms with Crippen molar-refractivity contribution in [2.75, 3.05) is 37.9 Å². The molecular formula is C19H38ClN2NaO5S. The maximum absolute atomic E-state index is 9.83.